The molecule has 0 fully saturated rings. The highest BCUT2D eigenvalue weighted by molar-refractivity contribution is 6.09. The second kappa shape index (κ2) is 9.77. The van der Waals surface area contributed by atoms with E-state index in [1.54, 1.807) is 60.1 Å². The van der Waals surface area contributed by atoms with E-state index < -0.39 is 23.0 Å². The van der Waals surface area contributed by atoms with Crippen molar-refractivity contribution in [3.05, 3.63) is 101 Å². The lowest BCUT2D eigenvalue weighted by atomic mass is 9.77. The molecule has 0 spiro atoms. The van der Waals surface area contributed by atoms with Crippen molar-refractivity contribution in [3.63, 3.8) is 0 Å². The number of carboxylic acids is 1. The largest absolute Gasteiger partial charge is 0.481 e. The highest BCUT2D eigenvalue weighted by Gasteiger charge is 2.47. The SMILES string of the molecule is C[C@]1(c2ccc(CCC(=O)O)cc2)C(=O)Nc2nc(-c3nn(Cc4ccccc4F)c4ccc(F)cc34)nc(N)c21. The van der Waals surface area contributed by atoms with Crippen molar-refractivity contribution in [2.24, 2.45) is 0 Å². The third kappa shape index (κ3) is 4.45. The number of nitrogens with two attached hydrogens (primary N) is 1. The summed E-state index contributed by atoms with van der Waals surface area (Å²) in [5.41, 5.74) is 8.28. The average molecular weight is 555 g/mol. The molecule has 11 heteroatoms. The zero-order chi connectivity index (χ0) is 28.9. The number of hydrogen-bond acceptors (Lipinski definition) is 6. The Bertz CT molecular complexity index is 1850. The number of anilines is 2. The van der Waals surface area contributed by atoms with Crippen LogP contribution in [-0.2, 0) is 28.0 Å². The van der Waals surface area contributed by atoms with Gasteiger partial charge in [-0.25, -0.2) is 18.7 Å². The average Bonchev–Trinajstić information content (AvgIpc) is 3.43. The van der Waals surface area contributed by atoms with Gasteiger partial charge in [0.2, 0.25) is 5.91 Å². The Morgan fingerprint density at radius 3 is 2.56 bits per heavy atom. The maximum atomic E-state index is 14.4. The molecule has 41 heavy (non-hydrogen) atoms. The van der Waals surface area contributed by atoms with E-state index in [0.29, 0.717) is 34.0 Å². The van der Waals surface area contributed by atoms with Gasteiger partial charge in [-0.3, -0.25) is 14.3 Å². The van der Waals surface area contributed by atoms with E-state index in [0.717, 1.165) is 5.56 Å². The predicted octanol–water partition coefficient (Wildman–Crippen LogP) is 4.68. The molecule has 9 nitrogen and oxygen atoms in total. The molecule has 2 aromatic heterocycles. The van der Waals surface area contributed by atoms with Crippen LogP contribution in [0.1, 0.15) is 35.6 Å². The lowest BCUT2D eigenvalue weighted by Crippen LogP contribution is -2.33. The van der Waals surface area contributed by atoms with Gasteiger partial charge in [0.05, 0.1) is 17.6 Å². The minimum atomic E-state index is -1.21. The number of aliphatic carboxylic acids is 1. The Hall–Kier alpha value is -5.19. The van der Waals surface area contributed by atoms with E-state index in [1.165, 1.54) is 18.2 Å². The van der Waals surface area contributed by atoms with Gasteiger partial charge in [0.25, 0.3) is 0 Å². The fraction of sp³-hybridized carbons (Fsp3) is 0.167. The van der Waals surface area contributed by atoms with Crippen molar-refractivity contribution in [2.75, 3.05) is 11.1 Å². The smallest absolute Gasteiger partial charge is 0.303 e. The Balaban J connectivity index is 1.42. The summed E-state index contributed by atoms with van der Waals surface area (Å²) in [6.07, 6.45) is 0.361. The molecule has 1 aliphatic rings. The third-order valence-corrected chi connectivity index (χ3v) is 7.48. The first-order valence-electron chi connectivity index (χ1n) is 12.9. The molecule has 3 aromatic carbocycles. The number of benzene rings is 3. The van der Waals surface area contributed by atoms with Crippen molar-refractivity contribution in [3.8, 4) is 11.5 Å². The molecule has 1 atom stereocenters. The normalized spacial score (nSPS) is 16.1. The van der Waals surface area contributed by atoms with E-state index in [1.807, 2.05) is 0 Å². The molecule has 1 aliphatic heterocycles. The molecule has 0 bridgehead atoms. The number of aromatic nitrogens is 4. The Kier molecular flexibility index (Phi) is 6.21. The first-order valence-corrected chi connectivity index (χ1v) is 12.9. The van der Waals surface area contributed by atoms with Crippen LogP contribution in [0.25, 0.3) is 22.4 Å². The summed E-state index contributed by atoms with van der Waals surface area (Å²) >= 11 is 0. The van der Waals surface area contributed by atoms with Gasteiger partial charge in [-0.15, -0.1) is 0 Å². The molecule has 1 amide bonds. The van der Waals surface area contributed by atoms with Gasteiger partial charge >= 0.3 is 5.97 Å². The van der Waals surface area contributed by atoms with Gasteiger partial charge in [0.1, 0.15) is 34.4 Å². The Labute approximate surface area is 232 Å². The zero-order valence-corrected chi connectivity index (χ0v) is 21.9. The second-order valence-electron chi connectivity index (χ2n) is 10.1. The predicted molar refractivity (Wildman–Crippen MR) is 148 cm³/mol. The molecule has 0 radical (unpaired) electrons. The maximum Gasteiger partial charge on any atom is 0.303 e. The highest BCUT2D eigenvalue weighted by Crippen LogP contribution is 2.45. The summed E-state index contributed by atoms with van der Waals surface area (Å²) in [5.74, 6) is -1.79. The number of carbonyl (C=O) groups excluding carboxylic acids is 1. The van der Waals surface area contributed by atoms with Crippen LogP contribution in [0.2, 0.25) is 0 Å². The third-order valence-electron chi connectivity index (χ3n) is 7.48. The van der Waals surface area contributed by atoms with Gasteiger partial charge in [-0.1, -0.05) is 42.5 Å². The maximum absolute atomic E-state index is 14.4. The van der Waals surface area contributed by atoms with E-state index in [9.17, 15) is 18.4 Å². The first kappa shape index (κ1) is 26.1. The summed E-state index contributed by atoms with van der Waals surface area (Å²) in [5, 5.41) is 16.8. The van der Waals surface area contributed by atoms with Gasteiger partial charge in [0, 0.05) is 17.4 Å². The van der Waals surface area contributed by atoms with Crippen LogP contribution in [0.5, 0.6) is 0 Å². The molecule has 4 N–H and O–H groups in total. The summed E-state index contributed by atoms with van der Waals surface area (Å²) in [6.45, 7) is 1.81. The minimum absolute atomic E-state index is 0.00185. The fourth-order valence-corrected chi connectivity index (χ4v) is 5.27. The number of nitrogens with one attached hydrogen (secondary N) is 1. The van der Waals surface area contributed by atoms with Crippen LogP contribution in [-0.4, -0.2) is 36.7 Å². The van der Waals surface area contributed by atoms with Gasteiger partial charge in [0.15, 0.2) is 5.82 Å². The summed E-state index contributed by atoms with van der Waals surface area (Å²) in [4.78, 5) is 33.3. The Morgan fingerprint density at radius 2 is 1.83 bits per heavy atom. The van der Waals surface area contributed by atoms with Crippen LogP contribution in [0.3, 0.4) is 0 Å². The number of aryl methyl sites for hydroxylation is 1. The van der Waals surface area contributed by atoms with Crippen molar-refractivity contribution in [1.82, 2.24) is 19.7 Å². The van der Waals surface area contributed by atoms with Crippen LogP contribution in [0, 0.1) is 11.6 Å². The number of rotatable bonds is 7. The molecule has 6 rings (SSSR count). The summed E-state index contributed by atoms with van der Waals surface area (Å²) in [7, 11) is 0. The molecule has 3 heterocycles. The number of nitrogen functional groups attached to an aromatic ring is 1. The number of nitrogens with zero attached hydrogens (tertiary/aromatic N) is 4. The van der Waals surface area contributed by atoms with Crippen LogP contribution in [0.15, 0.2) is 66.7 Å². The van der Waals surface area contributed by atoms with E-state index in [2.05, 4.69) is 20.4 Å². The number of carboxylic acid groups (broad SMARTS) is 1. The summed E-state index contributed by atoms with van der Waals surface area (Å²) < 4.78 is 30.3. The lowest BCUT2D eigenvalue weighted by Gasteiger charge is -2.23. The Morgan fingerprint density at radius 1 is 1.07 bits per heavy atom. The number of halogens is 2. The zero-order valence-electron chi connectivity index (χ0n) is 21.9. The van der Waals surface area contributed by atoms with E-state index in [4.69, 9.17) is 10.8 Å². The van der Waals surface area contributed by atoms with E-state index in [-0.39, 0.29) is 42.0 Å². The molecular formula is C30H24F2N6O3. The molecule has 0 saturated heterocycles. The fourth-order valence-electron chi connectivity index (χ4n) is 5.27. The number of amides is 1. The van der Waals surface area contributed by atoms with Gasteiger partial charge in [-0.05, 0) is 48.7 Å². The van der Waals surface area contributed by atoms with E-state index >= 15 is 0 Å². The molecule has 0 aliphatic carbocycles. The van der Waals surface area contributed by atoms with Gasteiger partial charge in [-0.2, -0.15) is 5.10 Å². The van der Waals surface area contributed by atoms with Crippen LogP contribution < -0.4 is 11.1 Å². The van der Waals surface area contributed by atoms with Crippen molar-refractivity contribution >= 4 is 34.4 Å². The number of fused-ring (bicyclic) bond motifs is 2. The van der Waals surface area contributed by atoms with Gasteiger partial charge < -0.3 is 16.2 Å². The van der Waals surface area contributed by atoms with Crippen LogP contribution >= 0.6 is 0 Å². The van der Waals surface area contributed by atoms with Crippen molar-refractivity contribution in [2.45, 2.75) is 31.7 Å². The molecular weight excluding hydrogens is 530 g/mol. The molecule has 0 saturated carbocycles. The second-order valence-corrected chi connectivity index (χ2v) is 10.1. The van der Waals surface area contributed by atoms with Crippen LogP contribution in [0.4, 0.5) is 20.4 Å². The number of carbonyl (C=O) groups is 2. The highest BCUT2D eigenvalue weighted by atomic mass is 19.1. The monoisotopic (exact) mass is 554 g/mol. The van der Waals surface area contributed by atoms with Crippen molar-refractivity contribution in [1.29, 1.82) is 0 Å². The minimum Gasteiger partial charge on any atom is -0.481 e. The molecule has 5 aromatic rings. The first-order chi connectivity index (χ1) is 19.6. The quantitative estimate of drug-likeness (QED) is 0.266. The topological polar surface area (TPSA) is 136 Å². The molecule has 0 unspecified atom stereocenters. The standard InChI is InChI=1S/C30H24F2N6O3/c1-30(18-9-6-16(7-10-18)8-13-23(39)40)24-26(33)34-28(35-27(24)36-29(30)41)25-20-14-19(31)11-12-22(20)38(37-25)15-17-4-2-3-5-21(17)32/h2-7,9-12,14H,8,13,15H2,1H3,(H,39,40)(H3,33,34,35,36,41)/t30-/m1/s1. The summed E-state index contributed by atoms with van der Waals surface area (Å²) in [6, 6.07) is 17.6. The molecule has 206 valence electrons. The van der Waals surface area contributed by atoms with Crippen molar-refractivity contribution < 1.29 is 23.5 Å². The number of hydrogen-bond donors (Lipinski definition) is 3. The lowest BCUT2D eigenvalue weighted by molar-refractivity contribution is -0.137.